The van der Waals surface area contributed by atoms with Gasteiger partial charge in [0.15, 0.2) is 0 Å². The van der Waals surface area contributed by atoms with Gasteiger partial charge in [-0.1, -0.05) is 20.8 Å². The first-order valence-electron chi connectivity index (χ1n) is 5.79. The molecule has 1 aromatic rings. The van der Waals surface area contributed by atoms with Crippen LogP contribution in [0, 0.1) is 5.41 Å². The Morgan fingerprint density at radius 2 is 2.06 bits per heavy atom. The SMILES string of the molecule is CC(C)(C)CCOc1ccc(CCN)nc1. The Labute approximate surface area is 98.0 Å². The van der Waals surface area contributed by atoms with Crippen molar-refractivity contribution < 1.29 is 4.74 Å². The van der Waals surface area contributed by atoms with Crippen LogP contribution in [0.5, 0.6) is 5.75 Å². The van der Waals surface area contributed by atoms with Gasteiger partial charge >= 0.3 is 0 Å². The number of hydrogen-bond acceptors (Lipinski definition) is 3. The molecular weight excluding hydrogens is 200 g/mol. The van der Waals surface area contributed by atoms with Crippen molar-refractivity contribution in [3.05, 3.63) is 24.0 Å². The van der Waals surface area contributed by atoms with E-state index in [1.165, 1.54) is 0 Å². The van der Waals surface area contributed by atoms with Crippen molar-refractivity contribution in [3.63, 3.8) is 0 Å². The van der Waals surface area contributed by atoms with E-state index in [0.717, 1.165) is 30.9 Å². The van der Waals surface area contributed by atoms with Crippen molar-refractivity contribution in [2.24, 2.45) is 11.1 Å². The largest absolute Gasteiger partial charge is 0.492 e. The lowest BCUT2D eigenvalue weighted by Crippen LogP contribution is -2.11. The van der Waals surface area contributed by atoms with E-state index in [0.29, 0.717) is 12.0 Å². The van der Waals surface area contributed by atoms with Crippen LogP contribution in [0.4, 0.5) is 0 Å². The Morgan fingerprint density at radius 3 is 2.56 bits per heavy atom. The maximum atomic E-state index is 5.62. The smallest absolute Gasteiger partial charge is 0.137 e. The molecular formula is C13H22N2O. The minimum absolute atomic E-state index is 0.312. The molecule has 0 fully saturated rings. The number of nitrogens with zero attached hydrogens (tertiary/aromatic N) is 1. The van der Waals surface area contributed by atoms with Crippen molar-refractivity contribution in [1.82, 2.24) is 4.98 Å². The lowest BCUT2D eigenvalue weighted by molar-refractivity contribution is 0.242. The fraction of sp³-hybridized carbons (Fsp3) is 0.615. The molecule has 90 valence electrons. The van der Waals surface area contributed by atoms with Crippen molar-refractivity contribution in [1.29, 1.82) is 0 Å². The van der Waals surface area contributed by atoms with Crippen LogP contribution in [0.1, 0.15) is 32.9 Å². The zero-order chi connectivity index (χ0) is 12.0. The summed E-state index contributed by atoms with van der Waals surface area (Å²) >= 11 is 0. The van der Waals surface area contributed by atoms with E-state index in [1.807, 2.05) is 12.1 Å². The van der Waals surface area contributed by atoms with Gasteiger partial charge in [0.25, 0.3) is 0 Å². The van der Waals surface area contributed by atoms with E-state index in [-0.39, 0.29) is 0 Å². The molecule has 0 spiro atoms. The number of rotatable bonds is 5. The maximum Gasteiger partial charge on any atom is 0.137 e. The number of nitrogens with two attached hydrogens (primary N) is 1. The Kier molecular flexibility index (Phi) is 4.74. The van der Waals surface area contributed by atoms with Crippen molar-refractivity contribution >= 4 is 0 Å². The maximum absolute atomic E-state index is 5.62. The summed E-state index contributed by atoms with van der Waals surface area (Å²) in [4.78, 5) is 4.28. The summed E-state index contributed by atoms with van der Waals surface area (Å²) in [5, 5.41) is 0. The van der Waals surface area contributed by atoms with Gasteiger partial charge in [0.05, 0.1) is 12.8 Å². The number of ether oxygens (including phenoxy) is 1. The van der Waals surface area contributed by atoms with E-state index in [9.17, 15) is 0 Å². The highest BCUT2D eigenvalue weighted by molar-refractivity contribution is 5.19. The van der Waals surface area contributed by atoms with Gasteiger partial charge in [-0.2, -0.15) is 0 Å². The fourth-order valence-electron chi connectivity index (χ4n) is 1.27. The van der Waals surface area contributed by atoms with Crippen LogP contribution in [0.2, 0.25) is 0 Å². The molecule has 1 rings (SSSR count). The Hall–Kier alpha value is -1.09. The molecule has 0 aromatic carbocycles. The van der Waals surface area contributed by atoms with E-state index < -0.39 is 0 Å². The van der Waals surface area contributed by atoms with Crippen LogP contribution in [0.15, 0.2) is 18.3 Å². The third kappa shape index (κ3) is 5.12. The molecule has 0 saturated heterocycles. The predicted octanol–water partition coefficient (Wildman–Crippen LogP) is 2.40. The van der Waals surface area contributed by atoms with Crippen LogP contribution < -0.4 is 10.5 Å². The molecule has 0 amide bonds. The monoisotopic (exact) mass is 222 g/mol. The predicted molar refractivity (Wildman–Crippen MR) is 66.6 cm³/mol. The van der Waals surface area contributed by atoms with E-state index in [4.69, 9.17) is 10.5 Å². The first-order valence-corrected chi connectivity index (χ1v) is 5.79. The van der Waals surface area contributed by atoms with Gasteiger partial charge in [0.1, 0.15) is 5.75 Å². The lowest BCUT2D eigenvalue weighted by atomic mass is 9.93. The summed E-state index contributed by atoms with van der Waals surface area (Å²) in [6.45, 7) is 8.00. The standard InChI is InChI=1S/C13H22N2O/c1-13(2,3)7-9-16-12-5-4-11(6-8-14)15-10-12/h4-5,10H,6-9,14H2,1-3H3. The molecule has 0 bridgehead atoms. The summed E-state index contributed by atoms with van der Waals surface area (Å²) in [6.07, 6.45) is 3.63. The molecule has 0 atom stereocenters. The third-order valence-corrected chi connectivity index (χ3v) is 2.32. The molecule has 0 unspecified atom stereocenters. The first-order chi connectivity index (χ1) is 7.51. The minimum atomic E-state index is 0.312. The lowest BCUT2D eigenvalue weighted by Gasteiger charge is -2.17. The summed E-state index contributed by atoms with van der Waals surface area (Å²) in [5.74, 6) is 0.838. The molecule has 2 N–H and O–H groups in total. The number of pyridine rings is 1. The van der Waals surface area contributed by atoms with Gasteiger partial charge in [-0.15, -0.1) is 0 Å². The molecule has 16 heavy (non-hydrogen) atoms. The van der Waals surface area contributed by atoms with Gasteiger partial charge < -0.3 is 10.5 Å². The first kappa shape index (κ1) is 13.0. The fourth-order valence-corrected chi connectivity index (χ4v) is 1.27. The zero-order valence-electron chi connectivity index (χ0n) is 10.5. The molecule has 0 aliphatic carbocycles. The quantitative estimate of drug-likeness (QED) is 0.832. The van der Waals surface area contributed by atoms with Crippen molar-refractivity contribution in [2.45, 2.75) is 33.6 Å². The van der Waals surface area contributed by atoms with E-state index >= 15 is 0 Å². The molecule has 1 heterocycles. The number of hydrogen-bond donors (Lipinski definition) is 1. The number of aromatic nitrogens is 1. The summed E-state index contributed by atoms with van der Waals surface area (Å²) in [6, 6.07) is 3.93. The molecule has 0 radical (unpaired) electrons. The molecule has 0 aliphatic rings. The molecule has 1 aromatic heterocycles. The van der Waals surface area contributed by atoms with Gasteiger partial charge in [-0.05, 0) is 30.5 Å². The Bertz CT molecular complexity index is 301. The second kappa shape index (κ2) is 5.85. The summed E-state index contributed by atoms with van der Waals surface area (Å²) in [7, 11) is 0. The molecule has 3 heteroatoms. The van der Waals surface area contributed by atoms with Gasteiger partial charge in [-0.3, -0.25) is 4.98 Å². The topological polar surface area (TPSA) is 48.1 Å². The zero-order valence-corrected chi connectivity index (χ0v) is 10.5. The van der Waals surface area contributed by atoms with Gasteiger partial charge in [-0.25, -0.2) is 0 Å². The Balaban J connectivity index is 2.37. The van der Waals surface area contributed by atoms with Gasteiger partial charge in [0, 0.05) is 12.1 Å². The van der Waals surface area contributed by atoms with Crippen LogP contribution in [0.25, 0.3) is 0 Å². The van der Waals surface area contributed by atoms with Crippen molar-refractivity contribution in [3.8, 4) is 5.75 Å². The second-order valence-corrected chi connectivity index (χ2v) is 5.18. The van der Waals surface area contributed by atoms with Crippen LogP contribution in [-0.2, 0) is 6.42 Å². The average Bonchev–Trinajstić information content (AvgIpc) is 2.19. The molecule has 0 aliphatic heterocycles. The Morgan fingerprint density at radius 1 is 1.31 bits per heavy atom. The highest BCUT2D eigenvalue weighted by Gasteiger charge is 2.09. The van der Waals surface area contributed by atoms with Crippen LogP contribution in [0.3, 0.4) is 0 Å². The summed E-state index contributed by atoms with van der Waals surface area (Å²) < 4.78 is 5.62. The average molecular weight is 222 g/mol. The van der Waals surface area contributed by atoms with E-state index in [2.05, 4.69) is 25.8 Å². The third-order valence-electron chi connectivity index (χ3n) is 2.32. The summed E-state index contributed by atoms with van der Waals surface area (Å²) in [5.41, 5.74) is 6.79. The van der Waals surface area contributed by atoms with Crippen molar-refractivity contribution in [2.75, 3.05) is 13.2 Å². The molecule has 3 nitrogen and oxygen atoms in total. The normalized spacial score (nSPS) is 11.5. The highest BCUT2D eigenvalue weighted by atomic mass is 16.5. The second-order valence-electron chi connectivity index (χ2n) is 5.18. The molecule has 0 saturated carbocycles. The van der Waals surface area contributed by atoms with Crippen LogP contribution >= 0.6 is 0 Å². The van der Waals surface area contributed by atoms with E-state index in [1.54, 1.807) is 6.20 Å². The van der Waals surface area contributed by atoms with Crippen LogP contribution in [-0.4, -0.2) is 18.1 Å². The highest BCUT2D eigenvalue weighted by Crippen LogP contribution is 2.19. The van der Waals surface area contributed by atoms with Gasteiger partial charge in [0.2, 0.25) is 0 Å². The minimum Gasteiger partial charge on any atom is -0.492 e.